The Balaban J connectivity index is 0. The fourth-order valence-electron chi connectivity index (χ4n) is 0.351. The molecule has 1 radical (unpaired) electrons. The zero-order chi connectivity index (χ0) is 5.86. The van der Waals surface area contributed by atoms with Crippen molar-refractivity contribution in [3.05, 3.63) is 0 Å². The number of rotatable bonds is 2. The van der Waals surface area contributed by atoms with E-state index >= 15 is 0 Å². The molecule has 0 saturated heterocycles. The molecule has 0 atom stereocenters. The second-order valence-electron chi connectivity index (χ2n) is 1.58. The normalized spacial score (nSPS) is 7.25. The zero-order valence-electron chi connectivity index (χ0n) is 4.83. The summed E-state index contributed by atoms with van der Waals surface area (Å²) in [6.07, 6.45) is 0.0833. The smallest absolute Gasteiger partial charge is 0.137 e. The summed E-state index contributed by atoms with van der Waals surface area (Å²) in [5.41, 5.74) is 0. The second-order valence-corrected chi connectivity index (χ2v) is 1.58. The Hall–Kier alpha value is -0.141. The SMILES string of the molecule is CC(=O)CC(C)=O.[Cu]. The van der Waals surface area contributed by atoms with Crippen molar-refractivity contribution in [3.63, 3.8) is 0 Å². The van der Waals surface area contributed by atoms with Gasteiger partial charge in [-0.25, -0.2) is 0 Å². The molecule has 2 nitrogen and oxygen atoms in total. The van der Waals surface area contributed by atoms with Crippen LogP contribution in [-0.2, 0) is 26.7 Å². The molecule has 51 valence electrons. The Morgan fingerprint density at radius 1 is 1.12 bits per heavy atom. The number of ketones is 2. The molecule has 0 N–H and O–H groups in total. The van der Waals surface area contributed by atoms with E-state index in [1.165, 1.54) is 13.8 Å². The van der Waals surface area contributed by atoms with Gasteiger partial charge in [0.1, 0.15) is 11.6 Å². The Morgan fingerprint density at radius 3 is 1.38 bits per heavy atom. The Bertz CT molecular complexity index is 86.6. The van der Waals surface area contributed by atoms with Gasteiger partial charge in [-0.15, -0.1) is 0 Å². The number of hydrogen-bond donors (Lipinski definition) is 0. The Kier molecular flexibility index (Phi) is 6.74. The van der Waals surface area contributed by atoms with E-state index in [-0.39, 0.29) is 35.1 Å². The van der Waals surface area contributed by atoms with Crippen LogP contribution in [0.2, 0.25) is 0 Å². The predicted octanol–water partition coefficient (Wildman–Crippen LogP) is 0.552. The van der Waals surface area contributed by atoms with Crippen LogP contribution >= 0.6 is 0 Å². The van der Waals surface area contributed by atoms with E-state index in [1.807, 2.05) is 0 Å². The van der Waals surface area contributed by atoms with E-state index in [9.17, 15) is 9.59 Å². The first-order valence-corrected chi connectivity index (χ1v) is 2.12. The summed E-state index contributed by atoms with van der Waals surface area (Å²) in [6, 6.07) is 0. The number of carbonyl (C=O) groups is 2. The van der Waals surface area contributed by atoms with Gasteiger partial charge >= 0.3 is 0 Å². The summed E-state index contributed by atoms with van der Waals surface area (Å²) >= 11 is 0. The molecule has 0 aliphatic carbocycles. The largest absolute Gasteiger partial charge is 0.300 e. The fraction of sp³-hybridized carbons (Fsp3) is 0.600. The van der Waals surface area contributed by atoms with E-state index in [1.54, 1.807) is 0 Å². The summed E-state index contributed by atoms with van der Waals surface area (Å²) in [5.74, 6) is -0.125. The number of hydrogen-bond acceptors (Lipinski definition) is 2. The molecule has 0 fully saturated rings. The quantitative estimate of drug-likeness (QED) is 0.440. The summed E-state index contributed by atoms with van der Waals surface area (Å²) in [5, 5.41) is 0. The van der Waals surface area contributed by atoms with E-state index in [0.717, 1.165) is 0 Å². The van der Waals surface area contributed by atoms with Gasteiger partial charge in [0.05, 0.1) is 6.42 Å². The van der Waals surface area contributed by atoms with Gasteiger partial charge in [0, 0.05) is 17.1 Å². The standard InChI is InChI=1S/C5H8O2.Cu/c1-4(6)3-5(2)7;/h3H2,1-2H3;. The van der Waals surface area contributed by atoms with Crippen molar-refractivity contribution in [1.29, 1.82) is 0 Å². The first kappa shape index (κ1) is 10.8. The minimum absolute atomic E-state index is 0. The molecule has 0 aliphatic heterocycles. The minimum Gasteiger partial charge on any atom is -0.300 e. The number of Topliss-reactive ketones (excluding diaryl/α,β-unsaturated/α-hetero) is 2. The molecule has 0 aliphatic rings. The predicted molar refractivity (Wildman–Crippen MR) is 26.0 cm³/mol. The average Bonchev–Trinajstić information content (AvgIpc) is 1.27. The molecule has 0 spiro atoms. The fourth-order valence-corrected chi connectivity index (χ4v) is 0.351. The van der Waals surface area contributed by atoms with Crippen molar-refractivity contribution in [2.24, 2.45) is 0 Å². The van der Waals surface area contributed by atoms with Crippen molar-refractivity contribution in [2.75, 3.05) is 0 Å². The third kappa shape index (κ3) is 9.29. The molecule has 3 heteroatoms. The van der Waals surface area contributed by atoms with E-state index in [4.69, 9.17) is 0 Å². The van der Waals surface area contributed by atoms with Gasteiger partial charge in [-0.05, 0) is 13.8 Å². The van der Waals surface area contributed by atoms with Crippen molar-refractivity contribution in [2.45, 2.75) is 20.3 Å². The van der Waals surface area contributed by atoms with Crippen LogP contribution in [0.15, 0.2) is 0 Å². The van der Waals surface area contributed by atoms with Crippen LogP contribution in [0, 0.1) is 0 Å². The maximum absolute atomic E-state index is 10.0. The number of carbonyl (C=O) groups excluding carboxylic acids is 2. The molecule has 0 heterocycles. The molecular weight excluding hydrogens is 156 g/mol. The van der Waals surface area contributed by atoms with Gasteiger partial charge in [-0.3, -0.25) is 9.59 Å². The molecule has 8 heavy (non-hydrogen) atoms. The van der Waals surface area contributed by atoms with Crippen LogP contribution in [0.3, 0.4) is 0 Å². The monoisotopic (exact) mass is 163 g/mol. The van der Waals surface area contributed by atoms with Crippen LogP contribution in [0.5, 0.6) is 0 Å². The molecule has 0 bridgehead atoms. The van der Waals surface area contributed by atoms with Gasteiger partial charge in [0.25, 0.3) is 0 Å². The molecule has 0 amide bonds. The van der Waals surface area contributed by atoms with E-state index < -0.39 is 0 Å². The molecular formula is C5H8CuO2. The molecule has 0 unspecified atom stereocenters. The van der Waals surface area contributed by atoms with E-state index in [2.05, 4.69) is 0 Å². The average molecular weight is 164 g/mol. The summed E-state index contributed by atoms with van der Waals surface area (Å²) in [6.45, 7) is 2.81. The van der Waals surface area contributed by atoms with Crippen LogP contribution in [0.25, 0.3) is 0 Å². The maximum atomic E-state index is 10.0. The molecule has 0 aromatic carbocycles. The first-order chi connectivity index (χ1) is 3.13. The third-order valence-corrected chi connectivity index (χ3v) is 0.498. The zero-order valence-corrected chi connectivity index (χ0v) is 5.77. The van der Waals surface area contributed by atoms with Crippen molar-refractivity contribution < 1.29 is 26.7 Å². The van der Waals surface area contributed by atoms with Gasteiger partial charge < -0.3 is 0 Å². The van der Waals surface area contributed by atoms with E-state index in [0.29, 0.717) is 0 Å². The third-order valence-electron chi connectivity index (χ3n) is 0.498. The van der Waals surface area contributed by atoms with Crippen molar-refractivity contribution >= 4 is 11.6 Å². The Labute approximate surface area is 59.1 Å². The second kappa shape index (κ2) is 5.01. The summed E-state index contributed by atoms with van der Waals surface area (Å²) < 4.78 is 0. The summed E-state index contributed by atoms with van der Waals surface area (Å²) in [7, 11) is 0. The van der Waals surface area contributed by atoms with Crippen LogP contribution in [-0.4, -0.2) is 11.6 Å². The maximum Gasteiger partial charge on any atom is 0.137 e. The minimum atomic E-state index is -0.0625. The topological polar surface area (TPSA) is 34.1 Å². The summed E-state index contributed by atoms with van der Waals surface area (Å²) in [4.78, 5) is 20.1. The first-order valence-electron chi connectivity index (χ1n) is 2.12. The van der Waals surface area contributed by atoms with Gasteiger partial charge in [-0.1, -0.05) is 0 Å². The van der Waals surface area contributed by atoms with Gasteiger partial charge in [0.15, 0.2) is 0 Å². The van der Waals surface area contributed by atoms with Crippen molar-refractivity contribution in [1.82, 2.24) is 0 Å². The van der Waals surface area contributed by atoms with Gasteiger partial charge in [0.2, 0.25) is 0 Å². The van der Waals surface area contributed by atoms with Crippen LogP contribution in [0.4, 0.5) is 0 Å². The van der Waals surface area contributed by atoms with Gasteiger partial charge in [-0.2, -0.15) is 0 Å². The molecule has 0 aromatic rings. The van der Waals surface area contributed by atoms with Crippen LogP contribution in [0.1, 0.15) is 20.3 Å². The molecule has 0 saturated carbocycles. The Morgan fingerprint density at radius 2 is 1.38 bits per heavy atom. The van der Waals surface area contributed by atoms with Crippen LogP contribution < -0.4 is 0 Å². The molecule has 0 aromatic heterocycles. The molecule has 0 rings (SSSR count). The van der Waals surface area contributed by atoms with Crippen molar-refractivity contribution in [3.8, 4) is 0 Å².